The van der Waals surface area contributed by atoms with E-state index >= 15 is 0 Å². The summed E-state index contributed by atoms with van der Waals surface area (Å²) in [5.41, 5.74) is 3.68. The lowest BCUT2D eigenvalue weighted by atomic mass is 10.1. The van der Waals surface area contributed by atoms with Crippen LogP contribution in [0.5, 0.6) is 5.75 Å². The number of nitro benzene ring substituents is 1. The quantitative estimate of drug-likeness (QED) is 0.621. The monoisotopic (exact) mass is 271 g/mol. The summed E-state index contributed by atoms with van der Waals surface area (Å²) in [5.74, 6) is 0.658. The molecule has 20 heavy (non-hydrogen) atoms. The number of rotatable bonds is 4. The number of nitrogens with zero attached hydrogens (tertiary/aromatic N) is 1. The van der Waals surface area contributed by atoms with Gasteiger partial charge in [-0.1, -0.05) is 29.8 Å². The maximum absolute atomic E-state index is 10.9. The van der Waals surface area contributed by atoms with Crippen molar-refractivity contribution in [2.24, 2.45) is 0 Å². The average molecular weight is 271 g/mol. The van der Waals surface area contributed by atoms with Crippen molar-refractivity contribution >= 4 is 5.69 Å². The van der Waals surface area contributed by atoms with Crippen LogP contribution in [0.15, 0.2) is 36.4 Å². The lowest BCUT2D eigenvalue weighted by molar-refractivity contribution is -0.386. The highest BCUT2D eigenvalue weighted by molar-refractivity contribution is 5.51. The normalized spacial score (nSPS) is 10.3. The molecule has 4 heteroatoms. The first-order valence-electron chi connectivity index (χ1n) is 6.41. The van der Waals surface area contributed by atoms with E-state index in [-0.39, 0.29) is 10.6 Å². The molecule has 0 N–H and O–H groups in total. The molecule has 0 amide bonds. The minimum absolute atomic E-state index is 0.160. The van der Waals surface area contributed by atoms with Gasteiger partial charge in [0.15, 0.2) is 0 Å². The molecule has 0 saturated heterocycles. The first kappa shape index (κ1) is 14.1. The molecule has 2 aromatic carbocycles. The molecular formula is C16H17NO3. The lowest BCUT2D eigenvalue weighted by Gasteiger charge is -2.09. The number of hydrogen-bond acceptors (Lipinski definition) is 3. The SMILES string of the molecule is Cc1ccc(COc2cc(C)c([N+](=O)[O-])c(C)c2)cc1. The van der Waals surface area contributed by atoms with Gasteiger partial charge in [0.2, 0.25) is 0 Å². The number of benzene rings is 2. The zero-order valence-electron chi connectivity index (χ0n) is 11.8. The molecule has 4 nitrogen and oxygen atoms in total. The summed E-state index contributed by atoms with van der Waals surface area (Å²) in [6, 6.07) is 11.5. The van der Waals surface area contributed by atoms with Gasteiger partial charge >= 0.3 is 0 Å². The first-order chi connectivity index (χ1) is 9.47. The summed E-state index contributed by atoms with van der Waals surface area (Å²) < 4.78 is 5.71. The molecule has 104 valence electrons. The van der Waals surface area contributed by atoms with Crippen LogP contribution >= 0.6 is 0 Å². The Hall–Kier alpha value is -2.36. The molecule has 2 aromatic rings. The van der Waals surface area contributed by atoms with Crippen molar-refractivity contribution in [3.8, 4) is 5.75 Å². The number of aryl methyl sites for hydroxylation is 3. The fourth-order valence-electron chi connectivity index (χ4n) is 2.14. The number of nitro groups is 1. The van der Waals surface area contributed by atoms with Crippen molar-refractivity contribution in [1.29, 1.82) is 0 Å². The van der Waals surface area contributed by atoms with Crippen LogP contribution in [0, 0.1) is 30.9 Å². The van der Waals surface area contributed by atoms with Gasteiger partial charge in [-0.25, -0.2) is 0 Å². The van der Waals surface area contributed by atoms with Crippen LogP contribution in [0.25, 0.3) is 0 Å². The summed E-state index contributed by atoms with van der Waals surface area (Å²) in [7, 11) is 0. The predicted molar refractivity (Wildman–Crippen MR) is 78.1 cm³/mol. The Kier molecular flexibility index (Phi) is 4.03. The summed E-state index contributed by atoms with van der Waals surface area (Å²) in [6.07, 6.45) is 0. The molecule has 0 atom stereocenters. The summed E-state index contributed by atoms with van der Waals surface area (Å²) in [5, 5.41) is 10.9. The van der Waals surface area contributed by atoms with E-state index < -0.39 is 0 Å². The topological polar surface area (TPSA) is 52.4 Å². The average Bonchev–Trinajstić information content (AvgIpc) is 2.37. The van der Waals surface area contributed by atoms with E-state index in [1.165, 1.54) is 5.56 Å². The molecule has 0 aliphatic carbocycles. The van der Waals surface area contributed by atoms with Crippen molar-refractivity contribution in [1.82, 2.24) is 0 Å². The van der Waals surface area contributed by atoms with Gasteiger partial charge in [-0.2, -0.15) is 0 Å². The lowest BCUT2D eigenvalue weighted by Crippen LogP contribution is -1.99. The fraction of sp³-hybridized carbons (Fsp3) is 0.250. The Balaban J connectivity index is 2.14. The van der Waals surface area contributed by atoms with Crippen LogP contribution in [0.1, 0.15) is 22.3 Å². The molecule has 0 radical (unpaired) electrons. The third kappa shape index (κ3) is 3.15. The maximum atomic E-state index is 10.9. The zero-order valence-corrected chi connectivity index (χ0v) is 11.8. The Labute approximate surface area is 118 Å². The first-order valence-corrected chi connectivity index (χ1v) is 6.41. The fourth-order valence-corrected chi connectivity index (χ4v) is 2.14. The van der Waals surface area contributed by atoms with E-state index in [4.69, 9.17) is 4.74 Å². The third-order valence-electron chi connectivity index (χ3n) is 3.17. The molecule has 0 aliphatic heterocycles. The van der Waals surface area contributed by atoms with Crippen molar-refractivity contribution < 1.29 is 9.66 Å². The van der Waals surface area contributed by atoms with Crippen molar-refractivity contribution in [3.63, 3.8) is 0 Å². The largest absolute Gasteiger partial charge is 0.489 e. The second kappa shape index (κ2) is 5.74. The third-order valence-corrected chi connectivity index (χ3v) is 3.17. The molecule has 0 unspecified atom stereocenters. The highest BCUT2D eigenvalue weighted by atomic mass is 16.6. The Morgan fingerprint density at radius 3 is 2.10 bits per heavy atom. The zero-order chi connectivity index (χ0) is 14.7. The molecule has 0 aliphatic rings. The molecule has 0 fully saturated rings. The van der Waals surface area contributed by atoms with Gasteiger partial charge in [0, 0.05) is 11.1 Å². The highest BCUT2D eigenvalue weighted by Crippen LogP contribution is 2.28. The minimum atomic E-state index is -0.353. The van der Waals surface area contributed by atoms with Crippen LogP contribution in [0.3, 0.4) is 0 Å². The Morgan fingerprint density at radius 1 is 1.05 bits per heavy atom. The van der Waals surface area contributed by atoms with Crippen molar-refractivity contribution in [3.05, 3.63) is 68.8 Å². The standard InChI is InChI=1S/C16H17NO3/c1-11-4-6-14(7-5-11)10-20-15-8-12(2)16(17(18)19)13(3)9-15/h4-9H,10H2,1-3H3. The highest BCUT2D eigenvalue weighted by Gasteiger charge is 2.15. The molecule has 0 bridgehead atoms. The molecule has 0 heterocycles. The summed E-state index contributed by atoms with van der Waals surface area (Å²) in [4.78, 5) is 10.6. The van der Waals surface area contributed by atoms with Crippen LogP contribution in [-0.4, -0.2) is 4.92 Å². The van der Waals surface area contributed by atoms with Gasteiger partial charge in [-0.05, 0) is 38.5 Å². The predicted octanol–water partition coefficient (Wildman–Crippen LogP) is 4.10. The van der Waals surface area contributed by atoms with Gasteiger partial charge in [0.25, 0.3) is 5.69 Å². The van der Waals surface area contributed by atoms with E-state index in [0.29, 0.717) is 23.5 Å². The van der Waals surface area contributed by atoms with E-state index in [2.05, 4.69) is 0 Å². The van der Waals surface area contributed by atoms with Crippen molar-refractivity contribution in [2.75, 3.05) is 0 Å². The molecule has 0 spiro atoms. The number of hydrogen-bond donors (Lipinski definition) is 0. The second-order valence-electron chi connectivity index (χ2n) is 4.94. The molecule has 2 rings (SSSR count). The maximum Gasteiger partial charge on any atom is 0.275 e. The van der Waals surface area contributed by atoms with Crippen LogP contribution in [0.2, 0.25) is 0 Å². The van der Waals surface area contributed by atoms with Crippen molar-refractivity contribution in [2.45, 2.75) is 27.4 Å². The van der Waals surface area contributed by atoms with Gasteiger partial charge < -0.3 is 4.74 Å². The summed E-state index contributed by atoms with van der Waals surface area (Å²) >= 11 is 0. The minimum Gasteiger partial charge on any atom is -0.489 e. The van der Waals surface area contributed by atoms with E-state index in [1.807, 2.05) is 31.2 Å². The van der Waals surface area contributed by atoms with Crippen LogP contribution in [0.4, 0.5) is 5.69 Å². The van der Waals surface area contributed by atoms with Gasteiger partial charge in [0.1, 0.15) is 12.4 Å². The van der Waals surface area contributed by atoms with E-state index in [0.717, 1.165) is 5.56 Å². The second-order valence-corrected chi connectivity index (χ2v) is 4.94. The summed E-state index contributed by atoms with van der Waals surface area (Å²) in [6.45, 7) is 5.94. The molecule has 0 aromatic heterocycles. The van der Waals surface area contributed by atoms with Crippen LogP contribution in [-0.2, 0) is 6.61 Å². The van der Waals surface area contributed by atoms with Gasteiger partial charge in [-0.15, -0.1) is 0 Å². The smallest absolute Gasteiger partial charge is 0.275 e. The van der Waals surface area contributed by atoms with Gasteiger partial charge in [-0.3, -0.25) is 10.1 Å². The molecule has 0 saturated carbocycles. The van der Waals surface area contributed by atoms with E-state index in [9.17, 15) is 10.1 Å². The van der Waals surface area contributed by atoms with Crippen LogP contribution < -0.4 is 4.74 Å². The molecular weight excluding hydrogens is 254 g/mol. The Morgan fingerprint density at radius 2 is 1.60 bits per heavy atom. The number of ether oxygens (including phenoxy) is 1. The van der Waals surface area contributed by atoms with E-state index in [1.54, 1.807) is 26.0 Å². The Bertz CT molecular complexity index is 610. The van der Waals surface area contributed by atoms with Gasteiger partial charge in [0.05, 0.1) is 4.92 Å².